The van der Waals surface area contributed by atoms with Gasteiger partial charge in [-0.15, -0.1) is 28.1 Å². The van der Waals surface area contributed by atoms with Crippen LogP contribution in [-0.4, -0.2) is 26.4 Å². The zero-order valence-corrected chi connectivity index (χ0v) is 16.6. The number of thiophene rings is 1. The van der Waals surface area contributed by atoms with E-state index < -0.39 is 0 Å². The van der Waals surface area contributed by atoms with Gasteiger partial charge in [0.25, 0.3) is 0 Å². The number of aromatic nitrogens is 3. The monoisotopic (exact) mass is 418 g/mol. The summed E-state index contributed by atoms with van der Waals surface area (Å²) in [6.07, 6.45) is 1.73. The van der Waals surface area contributed by atoms with Crippen molar-refractivity contribution in [2.45, 2.75) is 24.9 Å². The second kappa shape index (κ2) is 10.0. The van der Waals surface area contributed by atoms with Crippen LogP contribution >= 0.6 is 23.1 Å². The molecule has 1 N–H and O–H groups in total. The number of nitrogens with one attached hydrogen (secondary N) is 1. The van der Waals surface area contributed by atoms with Crippen LogP contribution in [0, 0.1) is 5.82 Å². The lowest BCUT2D eigenvalue weighted by atomic mass is 10.3. The molecule has 1 aromatic carbocycles. The molecule has 3 rings (SSSR count). The molecule has 6 nitrogen and oxygen atoms in total. The molecule has 0 saturated heterocycles. The third-order valence-corrected chi connectivity index (χ3v) is 5.50. The molecule has 28 heavy (non-hydrogen) atoms. The van der Waals surface area contributed by atoms with E-state index in [0.717, 1.165) is 4.88 Å². The number of carbonyl (C=O) groups excluding carboxylic acids is 1. The molecule has 0 fully saturated rings. The van der Waals surface area contributed by atoms with Gasteiger partial charge >= 0.3 is 0 Å². The Morgan fingerprint density at radius 3 is 2.86 bits per heavy atom. The van der Waals surface area contributed by atoms with Crippen molar-refractivity contribution >= 4 is 29.0 Å². The van der Waals surface area contributed by atoms with Gasteiger partial charge < -0.3 is 10.1 Å². The van der Waals surface area contributed by atoms with Gasteiger partial charge in [0.05, 0.1) is 12.3 Å². The number of rotatable bonds is 10. The predicted octanol–water partition coefficient (Wildman–Crippen LogP) is 3.65. The van der Waals surface area contributed by atoms with Gasteiger partial charge in [-0.2, -0.15) is 0 Å². The number of hydrogen-bond acceptors (Lipinski definition) is 6. The van der Waals surface area contributed by atoms with Gasteiger partial charge in [0.15, 0.2) is 11.0 Å². The van der Waals surface area contributed by atoms with Crippen LogP contribution in [0.25, 0.3) is 0 Å². The molecular weight excluding hydrogens is 399 g/mol. The number of hydrogen-bond donors (Lipinski definition) is 1. The summed E-state index contributed by atoms with van der Waals surface area (Å²) in [5.41, 5.74) is 0. The highest BCUT2D eigenvalue weighted by Crippen LogP contribution is 2.19. The van der Waals surface area contributed by atoms with Crippen LogP contribution in [0.4, 0.5) is 4.39 Å². The molecule has 0 aliphatic rings. The number of nitrogens with zero attached hydrogens (tertiary/aromatic N) is 3. The van der Waals surface area contributed by atoms with Crippen LogP contribution in [0.3, 0.4) is 0 Å². The summed E-state index contributed by atoms with van der Waals surface area (Å²) < 4.78 is 20.5. The minimum atomic E-state index is -0.321. The second-order valence-electron chi connectivity index (χ2n) is 5.69. The average Bonchev–Trinajstić information content (AvgIpc) is 3.35. The molecule has 0 bridgehead atoms. The van der Waals surface area contributed by atoms with Crippen LogP contribution in [0.2, 0.25) is 0 Å². The molecular formula is C19H19FN4O2S2. The van der Waals surface area contributed by atoms with Crippen molar-refractivity contribution in [2.75, 3.05) is 5.75 Å². The van der Waals surface area contributed by atoms with Gasteiger partial charge in [-0.1, -0.05) is 23.9 Å². The Bertz CT molecular complexity index is 911. The molecule has 0 aliphatic heterocycles. The van der Waals surface area contributed by atoms with Crippen molar-refractivity contribution in [3.8, 4) is 5.75 Å². The van der Waals surface area contributed by atoms with Gasteiger partial charge in [0.2, 0.25) is 5.91 Å². The van der Waals surface area contributed by atoms with E-state index in [4.69, 9.17) is 4.74 Å². The van der Waals surface area contributed by atoms with Crippen LogP contribution in [0.15, 0.2) is 59.6 Å². The summed E-state index contributed by atoms with van der Waals surface area (Å²) in [6.45, 7) is 4.95. The highest BCUT2D eigenvalue weighted by atomic mass is 32.2. The maximum atomic E-state index is 13.0. The lowest BCUT2D eigenvalue weighted by molar-refractivity contribution is -0.118. The van der Waals surface area contributed by atoms with E-state index in [1.807, 2.05) is 22.1 Å². The molecule has 9 heteroatoms. The highest BCUT2D eigenvalue weighted by molar-refractivity contribution is 7.99. The van der Waals surface area contributed by atoms with Crippen molar-refractivity contribution in [3.63, 3.8) is 0 Å². The van der Waals surface area contributed by atoms with E-state index in [-0.39, 0.29) is 24.1 Å². The Hall–Kier alpha value is -2.65. The Balaban J connectivity index is 1.55. The first-order valence-corrected chi connectivity index (χ1v) is 10.4. The number of amides is 1. The number of benzene rings is 1. The number of halogens is 1. The third-order valence-electron chi connectivity index (χ3n) is 3.66. The molecule has 3 aromatic rings. The van der Waals surface area contributed by atoms with Gasteiger partial charge in [0, 0.05) is 11.4 Å². The summed E-state index contributed by atoms with van der Waals surface area (Å²) in [5.74, 6) is 0.982. The normalized spacial score (nSPS) is 10.6. The fourth-order valence-corrected chi connectivity index (χ4v) is 3.74. The SMILES string of the molecule is C=CCn1c(COc2ccc(F)cc2)nnc1SCC(=O)NCc1cccs1. The first-order valence-electron chi connectivity index (χ1n) is 8.49. The average molecular weight is 419 g/mol. The maximum absolute atomic E-state index is 13.0. The Kier molecular flexibility index (Phi) is 7.21. The second-order valence-corrected chi connectivity index (χ2v) is 7.66. The van der Waals surface area contributed by atoms with Gasteiger partial charge in [-0.3, -0.25) is 9.36 Å². The molecule has 0 aliphatic carbocycles. The lowest BCUT2D eigenvalue weighted by Crippen LogP contribution is -2.24. The van der Waals surface area contributed by atoms with E-state index in [2.05, 4.69) is 22.1 Å². The minimum Gasteiger partial charge on any atom is -0.486 e. The molecule has 146 valence electrons. The zero-order valence-electron chi connectivity index (χ0n) is 15.0. The fraction of sp³-hybridized carbons (Fsp3) is 0.211. The first-order chi connectivity index (χ1) is 13.7. The van der Waals surface area contributed by atoms with Crippen molar-refractivity contribution < 1.29 is 13.9 Å². The number of allylic oxidation sites excluding steroid dienone is 1. The molecule has 2 heterocycles. The number of thioether (sulfide) groups is 1. The zero-order chi connectivity index (χ0) is 19.8. The number of carbonyl (C=O) groups is 1. The minimum absolute atomic E-state index is 0.0735. The summed E-state index contributed by atoms with van der Waals surface area (Å²) >= 11 is 2.91. The van der Waals surface area contributed by atoms with Gasteiger partial charge in [-0.05, 0) is 35.7 Å². The van der Waals surface area contributed by atoms with Crippen molar-refractivity contribution in [1.29, 1.82) is 0 Å². The number of ether oxygens (including phenoxy) is 1. The van der Waals surface area contributed by atoms with Crippen molar-refractivity contribution in [1.82, 2.24) is 20.1 Å². The largest absolute Gasteiger partial charge is 0.486 e. The molecule has 0 unspecified atom stereocenters. The molecule has 2 aromatic heterocycles. The Morgan fingerprint density at radius 1 is 1.32 bits per heavy atom. The highest BCUT2D eigenvalue weighted by Gasteiger charge is 2.14. The Labute approximate surface area is 170 Å². The molecule has 0 atom stereocenters. The van der Waals surface area contributed by atoms with Crippen LogP contribution < -0.4 is 10.1 Å². The van der Waals surface area contributed by atoms with Crippen LogP contribution in [0.5, 0.6) is 5.75 Å². The van der Waals surface area contributed by atoms with Crippen molar-refractivity contribution in [2.24, 2.45) is 0 Å². The lowest BCUT2D eigenvalue weighted by Gasteiger charge is -2.09. The summed E-state index contributed by atoms with van der Waals surface area (Å²) in [6, 6.07) is 9.70. The summed E-state index contributed by atoms with van der Waals surface area (Å²) in [5, 5.41) is 13.8. The third kappa shape index (κ3) is 5.67. The van der Waals surface area contributed by atoms with E-state index >= 15 is 0 Å². The molecule has 0 saturated carbocycles. The first kappa shape index (κ1) is 20.1. The molecule has 0 spiro atoms. The van der Waals surface area contributed by atoms with Gasteiger partial charge in [-0.25, -0.2) is 4.39 Å². The van der Waals surface area contributed by atoms with E-state index in [1.165, 1.54) is 23.9 Å². The van der Waals surface area contributed by atoms with Crippen LogP contribution in [0.1, 0.15) is 10.7 Å². The molecule has 1 amide bonds. The van der Waals surface area contributed by atoms with E-state index in [0.29, 0.717) is 29.8 Å². The topological polar surface area (TPSA) is 69.0 Å². The standard InChI is InChI=1S/C19H19FN4O2S2/c1-2-9-24-17(12-26-15-7-5-14(20)6-8-15)22-23-19(24)28-13-18(25)21-11-16-4-3-10-27-16/h2-8,10H,1,9,11-13H2,(H,21,25). The van der Waals surface area contributed by atoms with Crippen molar-refractivity contribution in [3.05, 3.63) is 71.0 Å². The maximum Gasteiger partial charge on any atom is 0.230 e. The van der Waals surface area contributed by atoms with Gasteiger partial charge in [0.1, 0.15) is 18.2 Å². The van der Waals surface area contributed by atoms with E-state index in [1.54, 1.807) is 29.5 Å². The van der Waals surface area contributed by atoms with Crippen LogP contribution in [-0.2, 0) is 24.5 Å². The molecule has 0 radical (unpaired) electrons. The summed E-state index contributed by atoms with van der Waals surface area (Å²) in [4.78, 5) is 13.2. The predicted molar refractivity (Wildman–Crippen MR) is 108 cm³/mol. The van der Waals surface area contributed by atoms with E-state index in [9.17, 15) is 9.18 Å². The summed E-state index contributed by atoms with van der Waals surface area (Å²) in [7, 11) is 0. The quantitative estimate of drug-likeness (QED) is 0.402. The smallest absolute Gasteiger partial charge is 0.230 e. The fourth-order valence-electron chi connectivity index (χ4n) is 2.30. The Morgan fingerprint density at radius 2 is 2.14 bits per heavy atom.